The average Bonchev–Trinajstić information content (AvgIpc) is 2.77. The molecule has 0 spiro atoms. The van der Waals surface area contributed by atoms with Gasteiger partial charge in [-0.3, -0.25) is 0 Å². The number of hydrogen-bond acceptors (Lipinski definition) is 2. The summed E-state index contributed by atoms with van der Waals surface area (Å²) in [6.45, 7) is 0.789. The zero-order valence-corrected chi connectivity index (χ0v) is 11.2. The standard InChI is InChI=1S/C14H22N2O3/c17-12(18)14(7-3-8-14)15-13(19)16-9-6-10-4-1-2-5-11(10)16/h10-11H,1-9H2,(H,15,19)(H,17,18). The van der Waals surface area contributed by atoms with Crippen molar-refractivity contribution in [3.05, 3.63) is 0 Å². The van der Waals surface area contributed by atoms with E-state index in [2.05, 4.69) is 5.32 Å². The topological polar surface area (TPSA) is 69.6 Å². The molecule has 0 radical (unpaired) electrons. The van der Waals surface area contributed by atoms with Crippen molar-refractivity contribution in [2.24, 2.45) is 5.92 Å². The largest absolute Gasteiger partial charge is 0.480 e. The number of carbonyl (C=O) groups excluding carboxylic acids is 1. The van der Waals surface area contributed by atoms with Crippen LogP contribution in [0.5, 0.6) is 0 Å². The lowest BCUT2D eigenvalue weighted by molar-refractivity contribution is -0.148. The molecule has 1 heterocycles. The molecule has 0 aromatic carbocycles. The number of carboxylic acid groups (broad SMARTS) is 1. The lowest BCUT2D eigenvalue weighted by Gasteiger charge is -2.40. The van der Waals surface area contributed by atoms with E-state index in [9.17, 15) is 14.7 Å². The zero-order valence-electron chi connectivity index (χ0n) is 11.2. The Hall–Kier alpha value is -1.26. The lowest BCUT2D eigenvalue weighted by atomic mass is 9.77. The molecule has 19 heavy (non-hydrogen) atoms. The fourth-order valence-electron chi connectivity index (χ4n) is 3.86. The first kappa shape index (κ1) is 12.8. The molecule has 106 valence electrons. The van der Waals surface area contributed by atoms with Crippen molar-refractivity contribution in [2.75, 3.05) is 6.54 Å². The first-order valence-electron chi connectivity index (χ1n) is 7.45. The Morgan fingerprint density at radius 3 is 2.47 bits per heavy atom. The van der Waals surface area contributed by atoms with Crippen LogP contribution in [0, 0.1) is 5.92 Å². The van der Waals surface area contributed by atoms with E-state index in [0.717, 1.165) is 25.8 Å². The lowest BCUT2D eigenvalue weighted by Crippen LogP contribution is -2.62. The molecule has 0 bridgehead atoms. The molecule has 3 aliphatic rings. The highest BCUT2D eigenvalue weighted by atomic mass is 16.4. The van der Waals surface area contributed by atoms with Gasteiger partial charge >= 0.3 is 12.0 Å². The molecule has 3 rings (SSSR count). The van der Waals surface area contributed by atoms with E-state index < -0.39 is 11.5 Å². The number of carboxylic acids is 1. The van der Waals surface area contributed by atoms with Gasteiger partial charge in [0.15, 0.2) is 0 Å². The number of aliphatic carboxylic acids is 1. The minimum absolute atomic E-state index is 0.156. The Balaban J connectivity index is 1.66. The number of carbonyl (C=O) groups is 2. The number of nitrogens with zero attached hydrogens (tertiary/aromatic N) is 1. The molecule has 2 unspecified atom stereocenters. The normalized spacial score (nSPS) is 32.3. The third-order valence-electron chi connectivity index (χ3n) is 5.23. The second-order valence-corrected chi connectivity index (χ2v) is 6.26. The highest BCUT2D eigenvalue weighted by Gasteiger charge is 2.48. The highest BCUT2D eigenvalue weighted by Crippen LogP contribution is 2.37. The summed E-state index contributed by atoms with van der Waals surface area (Å²) in [5.41, 5.74) is -0.982. The van der Waals surface area contributed by atoms with Gasteiger partial charge in [-0.15, -0.1) is 0 Å². The van der Waals surface area contributed by atoms with Gasteiger partial charge < -0.3 is 15.3 Å². The minimum Gasteiger partial charge on any atom is -0.480 e. The van der Waals surface area contributed by atoms with Crippen molar-refractivity contribution < 1.29 is 14.7 Å². The van der Waals surface area contributed by atoms with E-state index in [1.54, 1.807) is 0 Å². The highest BCUT2D eigenvalue weighted by molar-refractivity contribution is 5.87. The predicted octanol–water partition coefficient (Wildman–Crippen LogP) is 1.97. The summed E-state index contributed by atoms with van der Waals surface area (Å²) in [7, 11) is 0. The zero-order chi connectivity index (χ0) is 13.5. The number of fused-ring (bicyclic) bond motifs is 1. The maximum absolute atomic E-state index is 12.4. The third-order valence-corrected chi connectivity index (χ3v) is 5.23. The molecule has 2 saturated carbocycles. The molecule has 1 saturated heterocycles. The van der Waals surface area contributed by atoms with E-state index in [1.165, 1.54) is 19.3 Å². The summed E-state index contributed by atoms with van der Waals surface area (Å²) in [6, 6.07) is 0.191. The van der Waals surface area contributed by atoms with E-state index in [1.807, 2.05) is 4.90 Å². The second kappa shape index (κ2) is 4.69. The van der Waals surface area contributed by atoms with Crippen LogP contribution in [0.25, 0.3) is 0 Å². The van der Waals surface area contributed by atoms with Crippen molar-refractivity contribution in [1.29, 1.82) is 0 Å². The number of rotatable bonds is 2. The average molecular weight is 266 g/mol. The molecule has 2 aliphatic carbocycles. The maximum Gasteiger partial charge on any atom is 0.329 e. The van der Waals surface area contributed by atoms with Crippen LogP contribution in [0.1, 0.15) is 51.4 Å². The summed E-state index contributed by atoms with van der Waals surface area (Å²) >= 11 is 0. The SMILES string of the molecule is O=C(NC1(C(=O)O)CCC1)N1CCC2CCCCC21. The Morgan fingerprint density at radius 1 is 1.11 bits per heavy atom. The number of nitrogens with one attached hydrogen (secondary N) is 1. The molecule has 2 atom stereocenters. The fraction of sp³-hybridized carbons (Fsp3) is 0.857. The maximum atomic E-state index is 12.4. The first-order valence-corrected chi connectivity index (χ1v) is 7.45. The number of urea groups is 1. The molecule has 1 aliphatic heterocycles. The molecule has 3 fully saturated rings. The number of likely N-dealkylation sites (tertiary alicyclic amines) is 1. The van der Waals surface area contributed by atoms with Crippen LogP contribution in [-0.4, -0.2) is 40.1 Å². The van der Waals surface area contributed by atoms with Gasteiger partial charge in [-0.1, -0.05) is 12.8 Å². The van der Waals surface area contributed by atoms with Gasteiger partial charge in [-0.25, -0.2) is 9.59 Å². The van der Waals surface area contributed by atoms with Crippen molar-refractivity contribution in [3.63, 3.8) is 0 Å². The van der Waals surface area contributed by atoms with E-state index >= 15 is 0 Å². The quantitative estimate of drug-likeness (QED) is 0.802. The molecule has 0 aromatic heterocycles. The van der Waals surface area contributed by atoms with E-state index in [4.69, 9.17) is 0 Å². The van der Waals surface area contributed by atoms with Gasteiger partial charge in [-0.05, 0) is 44.4 Å². The van der Waals surface area contributed by atoms with Gasteiger partial charge in [0.05, 0.1) is 0 Å². The second-order valence-electron chi connectivity index (χ2n) is 6.26. The smallest absolute Gasteiger partial charge is 0.329 e. The van der Waals surface area contributed by atoms with Crippen LogP contribution in [-0.2, 0) is 4.79 Å². The summed E-state index contributed by atoms with van der Waals surface area (Å²) in [5.74, 6) is -0.242. The Labute approximate surface area is 113 Å². The number of amides is 2. The fourth-order valence-corrected chi connectivity index (χ4v) is 3.86. The molecular weight excluding hydrogens is 244 g/mol. The Bertz CT molecular complexity index is 392. The van der Waals surface area contributed by atoms with Crippen molar-refractivity contribution >= 4 is 12.0 Å². The van der Waals surface area contributed by atoms with Gasteiger partial charge in [0.1, 0.15) is 5.54 Å². The van der Waals surface area contributed by atoms with Crippen LogP contribution >= 0.6 is 0 Å². The third kappa shape index (κ3) is 2.09. The van der Waals surface area contributed by atoms with Gasteiger partial charge in [0.25, 0.3) is 0 Å². The van der Waals surface area contributed by atoms with Crippen LogP contribution in [0.15, 0.2) is 0 Å². The van der Waals surface area contributed by atoms with E-state index in [0.29, 0.717) is 24.8 Å². The first-order chi connectivity index (χ1) is 9.12. The van der Waals surface area contributed by atoms with Crippen LogP contribution in [0.4, 0.5) is 4.79 Å². The van der Waals surface area contributed by atoms with Crippen molar-refractivity contribution in [1.82, 2.24) is 10.2 Å². The Morgan fingerprint density at radius 2 is 1.84 bits per heavy atom. The predicted molar refractivity (Wildman–Crippen MR) is 69.8 cm³/mol. The summed E-state index contributed by atoms with van der Waals surface area (Å²) < 4.78 is 0. The van der Waals surface area contributed by atoms with Crippen molar-refractivity contribution in [3.8, 4) is 0 Å². The molecular formula is C14H22N2O3. The van der Waals surface area contributed by atoms with Crippen molar-refractivity contribution in [2.45, 2.75) is 62.9 Å². The molecule has 5 nitrogen and oxygen atoms in total. The van der Waals surface area contributed by atoms with E-state index in [-0.39, 0.29) is 6.03 Å². The summed E-state index contributed by atoms with van der Waals surface area (Å²) in [5, 5.41) is 12.1. The number of hydrogen-bond donors (Lipinski definition) is 2. The molecule has 2 amide bonds. The van der Waals surface area contributed by atoms with Crippen LogP contribution in [0.3, 0.4) is 0 Å². The summed E-state index contributed by atoms with van der Waals surface area (Å²) in [6.07, 6.45) is 7.87. The molecule has 5 heteroatoms. The van der Waals surface area contributed by atoms with Crippen LogP contribution < -0.4 is 5.32 Å². The summed E-state index contributed by atoms with van der Waals surface area (Å²) in [4.78, 5) is 25.6. The molecule has 0 aromatic rings. The minimum atomic E-state index is -0.982. The molecule has 2 N–H and O–H groups in total. The van der Waals surface area contributed by atoms with Gasteiger partial charge in [-0.2, -0.15) is 0 Å². The van der Waals surface area contributed by atoms with Gasteiger partial charge in [0, 0.05) is 12.6 Å². The monoisotopic (exact) mass is 266 g/mol. The van der Waals surface area contributed by atoms with Crippen LogP contribution in [0.2, 0.25) is 0 Å². The Kier molecular flexibility index (Phi) is 3.15. The van der Waals surface area contributed by atoms with Gasteiger partial charge in [0.2, 0.25) is 0 Å².